The fourth-order valence-corrected chi connectivity index (χ4v) is 2.56. The molecular weight excluding hydrogens is 293 g/mol. The largest absolute Gasteiger partial charge is 0.389 e. The van der Waals surface area contributed by atoms with Crippen LogP contribution in [0.5, 0.6) is 0 Å². The first-order valence-corrected chi connectivity index (χ1v) is 7.58. The number of amides is 1. The number of carbonyl (C=O) groups is 1. The van der Waals surface area contributed by atoms with Crippen LogP contribution < -0.4 is 10.6 Å². The maximum Gasteiger partial charge on any atom is 0.389 e. The van der Waals surface area contributed by atoms with Crippen LogP contribution in [0.2, 0.25) is 0 Å². The minimum Gasteiger partial charge on any atom is -0.326 e. The minimum absolute atomic E-state index is 0.0353. The lowest BCUT2D eigenvalue weighted by molar-refractivity contribution is -0.134. The van der Waals surface area contributed by atoms with E-state index in [1.54, 1.807) is 24.3 Å². The van der Waals surface area contributed by atoms with E-state index in [4.69, 9.17) is 0 Å². The van der Waals surface area contributed by atoms with E-state index in [9.17, 15) is 18.0 Å². The van der Waals surface area contributed by atoms with Crippen molar-refractivity contribution < 1.29 is 18.0 Å². The second-order valence-electron chi connectivity index (χ2n) is 5.76. The molecule has 1 aliphatic rings. The van der Waals surface area contributed by atoms with Crippen LogP contribution in [-0.4, -0.2) is 25.2 Å². The molecule has 6 heteroatoms. The molecule has 0 radical (unpaired) electrons. The highest BCUT2D eigenvalue weighted by molar-refractivity contribution is 5.90. The van der Waals surface area contributed by atoms with Gasteiger partial charge in [-0.1, -0.05) is 12.1 Å². The molecule has 0 aliphatic carbocycles. The molecule has 1 atom stereocenters. The number of benzene rings is 1. The molecule has 1 amide bonds. The summed E-state index contributed by atoms with van der Waals surface area (Å²) in [6.45, 7) is 1.99. The van der Waals surface area contributed by atoms with Gasteiger partial charge in [-0.05, 0) is 56.0 Å². The summed E-state index contributed by atoms with van der Waals surface area (Å²) in [5.41, 5.74) is 1.25. The highest BCUT2D eigenvalue weighted by atomic mass is 19.4. The molecule has 0 saturated carbocycles. The Morgan fingerprint density at radius 2 is 2.00 bits per heavy atom. The number of carbonyl (C=O) groups excluding carboxylic acids is 1. The second-order valence-corrected chi connectivity index (χ2v) is 5.76. The Bertz CT molecular complexity index is 479. The SMILES string of the molecule is O=C(CCC1CCNC1)Nc1ccc(CCC(F)(F)F)cc1. The zero-order valence-corrected chi connectivity index (χ0v) is 12.4. The number of anilines is 1. The fourth-order valence-electron chi connectivity index (χ4n) is 2.56. The lowest BCUT2D eigenvalue weighted by atomic mass is 10.0. The lowest BCUT2D eigenvalue weighted by Crippen LogP contribution is -2.15. The van der Waals surface area contributed by atoms with Crippen molar-refractivity contribution in [2.45, 2.75) is 38.3 Å². The summed E-state index contributed by atoms with van der Waals surface area (Å²) in [4.78, 5) is 11.8. The van der Waals surface area contributed by atoms with Crippen molar-refractivity contribution in [3.63, 3.8) is 0 Å². The molecule has 1 saturated heterocycles. The summed E-state index contributed by atoms with van der Waals surface area (Å²) < 4.78 is 36.4. The molecule has 22 heavy (non-hydrogen) atoms. The Hall–Kier alpha value is -1.56. The molecule has 3 nitrogen and oxygen atoms in total. The van der Waals surface area contributed by atoms with E-state index in [1.165, 1.54) is 0 Å². The van der Waals surface area contributed by atoms with Crippen molar-refractivity contribution in [1.82, 2.24) is 5.32 Å². The lowest BCUT2D eigenvalue weighted by Gasteiger charge is -2.10. The van der Waals surface area contributed by atoms with Gasteiger partial charge in [0.2, 0.25) is 5.91 Å². The molecular formula is C16H21F3N2O. The standard InChI is InChI=1S/C16H21F3N2O/c17-16(18,19)9-7-12-1-4-14(5-2-12)21-15(22)6-3-13-8-10-20-11-13/h1-2,4-5,13,20H,3,6-11H2,(H,21,22). The van der Waals surface area contributed by atoms with Crippen LogP contribution in [0.4, 0.5) is 18.9 Å². The minimum atomic E-state index is -4.14. The van der Waals surface area contributed by atoms with Crippen molar-refractivity contribution in [1.29, 1.82) is 0 Å². The Balaban J connectivity index is 1.74. The molecule has 2 rings (SSSR count). The Kier molecular flexibility index (Phi) is 5.83. The summed E-state index contributed by atoms with van der Waals surface area (Å²) in [6.07, 6.45) is -2.55. The van der Waals surface area contributed by atoms with Crippen LogP contribution in [0, 0.1) is 5.92 Å². The summed E-state index contributed by atoms with van der Waals surface area (Å²) in [7, 11) is 0. The van der Waals surface area contributed by atoms with Gasteiger partial charge >= 0.3 is 6.18 Å². The van der Waals surface area contributed by atoms with E-state index >= 15 is 0 Å². The predicted molar refractivity (Wildman–Crippen MR) is 79.7 cm³/mol. The quantitative estimate of drug-likeness (QED) is 0.843. The molecule has 0 bridgehead atoms. The van der Waals surface area contributed by atoms with E-state index in [2.05, 4.69) is 10.6 Å². The first-order valence-electron chi connectivity index (χ1n) is 7.58. The number of halogens is 3. The molecule has 2 N–H and O–H groups in total. The zero-order chi connectivity index (χ0) is 16.0. The zero-order valence-electron chi connectivity index (χ0n) is 12.4. The Morgan fingerprint density at radius 3 is 2.59 bits per heavy atom. The van der Waals surface area contributed by atoms with Gasteiger partial charge in [0.05, 0.1) is 0 Å². The van der Waals surface area contributed by atoms with E-state index in [0.717, 1.165) is 25.9 Å². The molecule has 1 unspecified atom stereocenters. The monoisotopic (exact) mass is 314 g/mol. The van der Waals surface area contributed by atoms with Crippen molar-refractivity contribution in [3.8, 4) is 0 Å². The van der Waals surface area contributed by atoms with E-state index in [1.807, 2.05) is 0 Å². The number of alkyl halides is 3. The van der Waals surface area contributed by atoms with Gasteiger partial charge in [0, 0.05) is 18.5 Å². The van der Waals surface area contributed by atoms with Crippen molar-refractivity contribution in [2.24, 2.45) is 5.92 Å². The highest BCUT2D eigenvalue weighted by Gasteiger charge is 2.26. The Labute approximate surface area is 128 Å². The Morgan fingerprint density at radius 1 is 1.27 bits per heavy atom. The number of hydrogen-bond donors (Lipinski definition) is 2. The average molecular weight is 314 g/mol. The topological polar surface area (TPSA) is 41.1 Å². The van der Waals surface area contributed by atoms with Gasteiger partial charge in [0.25, 0.3) is 0 Å². The number of nitrogens with one attached hydrogen (secondary N) is 2. The van der Waals surface area contributed by atoms with Crippen molar-refractivity contribution in [2.75, 3.05) is 18.4 Å². The van der Waals surface area contributed by atoms with Gasteiger partial charge in [0.15, 0.2) is 0 Å². The van der Waals surface area contributed by atoms with E-state index in [0.29, 0.717) is 23.6 Å². The van der Waals surface area contributed by atoms with Gasteiger partial charge in [-0.2, -0.15) is 13.2 Å². The van der Waals surface area contributed by atoms with Gasteiger partial charge < -0.3 is 10.6 Å². The van der Waals surface area contributed by atoms with Crippen LogP contribution in [0.15, 0.2) is 24.3 Å². The second kappa shape index (κ2) is 7.63. The first kappa shape index (κ1) is 16.8. The van der Waals surface area contributed by atoms with Crippen LogP contribution in [-0.2, 0) is 11.2 Å². The van der Waals surface area contributed by atoms with Crippen molar-refractivity contribution in [3.05, 3.63) is 29.8 Å². The number of aryl methyl sites for hydroxylation is 1. The predicted octanol–water partition coefficient (Wildman–Crippen LogP) is 3.51. The van der Waals surface area contributed by atoms with Gasteiger partial charge in [-0.3, -0.25) is 4.79 Å². The van der Waals surface area contributed by atoms with E-state index in [-0.39, 0.29) is 12.3 Å². The number of hydrogen-bond acceptors (Lipinski definition) is 2. The van der Waals surface area contributed by atoms with Crippen LogP contribution in [0.1, 0.15) is 31.2 Å². The third-order valence-corrected chi connectivity index (χ3v) is 3.88. The number of rotatable bonds is 6. The molecule has 1 heterocycles. The molecule has 122 valence electrons. The summed E-state index contributed by atoms with van der Waals surface area (Å²) in [5.74, 6) is 0.519. The fraction of sp³-hybridized carbons (Fsp3) is 0.562. The third-order valence-electron chi connectivity index (χ3n) is 3.88. The summed E-state index contributed by atoms with van der Waals surface area (Å²) >= 11 is 0. The third kappa shape index (κ3) is 6.05. The van der Waals surface area contributed by atoms with Crippen LogP contribution in [0.25, 0.3) is 0 Å². The molecule has 1 aliphatic heterocycles. The van der Waals surface area contributed by atoms with Crippen molar-refractivity contribution >= 4 is 11.6 Å². The maximum absolute atomic E-state index is 12.1. The average Bonchev–Trinajstić information content (AvgIpc) is 2.97. The first-order chi connectivity index (χ1) is 10.4. The molecule has 1 aromatic carbocycles. The van der Waals surface area contributed by atoms with Crippen LogP contribution >= 0.6 is 0 Å². The molecule has 1 fully saturated rings. The smallest absolute Gasteiger partial charge is 0.326 e. The van der Waals surface area contributed by atoms with Gasteiger partial charge in [0.1, 0.15) is 0 Å². The maximum atomic E-state index is 12.1. The molecule has 0 aromatic heterocycles. The summed E-state index contributed by atoms with van der Waals surface area (Å²) in [5, 5.41) is 6.05. The van der Waals surface area contributed by atoms with Gasteiger partial charge in [-0.15, -0.1) is 0 Å². The summed E-state index contributed by atoms with van der Waals surface area (Å²) in [6, 6.07) is 6.56. The van der Waals surface area contributed by atoms with Crippen LogP contribution in [0.3, 0.4) is 0 Å². The highest BCUT2D eigenvalue weighted by Crippen LogP contribution is 2.22. The normalized spacial score (nSPS) is 18.4. The molecule has 0 spiro atoms. The van der Waals surface area contributed by atoms with Gasteiger partial charge in [-0.25, -0.2) is 0 Å². The van der Waals surface area contributed by atoms with E-state index < -0.39 is 12.6 Å². The molecule has 1 aromatic rings.